The molecule has 1 aromatic rings. The second kappa shape index (κ2) is 6.89. The van der Waals surface area contributed by atoms with Gasteiger partial charge in [-0.3, -0.25) is 4.90 Å². The van der Waals surface area contributed by atoms with Gasteiger partial charge in [0.05, 0.1) is 12.2 Å². The molecule has 2 atom stereocenters. The molecule has 1 N–H and O–H groups in total. The van der Waals surface area contributed by atoms with Crippen LogP contribution >= 0.6 is 0 Å². The predicted octanol–water partition coefficient (Wildman–Crippen LogP) is 1.75. The minimum Gasteiger partial charge on any atom is -0.384 e. The molecule has 1 fully saturated rings. The van der Waals surface area contributed by atoms with Crippen LogP contribution < -0.4 is 5.32 Å². The average molecular weight is 264 g/mol. The molecule has 0 amide bonds. The standard InChI is InChI=1S/C15H24N2O2/c1-12-6-4-5-7-13(12)16-8-9-17-10-14(18-2)15(11-17)19-3/h4-7,14-16H,8-11H2,1-3H3. The van der Waals surface area contributed by atoms with Crippen molar-refractivity contribution in [1.29, 1.82) is 0 Å². The number of methoxy groups -OCH3 is 2. The Labute approximate surface area is 115 Å². The number of rotatable bonds is 6. The highest BCUT2D eigenvalue weighted by Crippen LogP contribution is 2.16. The van der Waals surface area contributed by atoms with E-state index in [0.717, 1.165) is 26.2 Å². The third kappa shape index (κ3) is 3.69. The van der Waals surface area contributed by atoms with E-state index in [1.165, 1.54) is 11.3 Å². The minimum atomic E-state index is 0.198. The summed E-state index contributed by atoms with van der Waals surface area (Å²) in [6.45, 7) is 5.97. The number of nitrogens with zero attached hydrogens (tertiary/aromatic N) is 1. The Kier molecular flexibility index (Phi) is 5.19. The van der Waals surface area contributed by atoms with Crippen LogP contribution in [-0.2, 0) is 9.47 Å². The molecule has 0 aliphatic carbocycles. The number of anilines is 1. The number of likely N-dealkylation sites (tertiary alicyclic amines) is 1. The van der Waals surface area contributed by atoms with E-state index in [1.54, 1.807) is 14.2 Å². The summed E-state index contributed by atoms with van der Waals surface area (Å²) in [6.07, 6.45) is 0.395. The van der Waals surface area contributed by atoms with E-state index in [1.807, 2.05) is 0 Å². The smallest absolute Gasteiger partial charge is 0.0971 e. The van der Waals surface area contributed by atoms with Gasteiger partial charge in [-0.15, -0.1) is 0 Å². The molecule has 106 valence electrons. The summed E-state index contributed by atoms with van der Waals surface area (Å²) in [7, 11) is 3.51. The van der Waals surface area contributed by atoms with E-state index in [4.69, 9.17) is 9.47 Å². The molecule has 19 heavy (non-hydrogen) atoms. The molecule has 2 rings (SSSR count). The van der Waals surface area contributed by atoms with E-state index < -0.39 is 0 Å². The number of hydrogen-bond acceptors (Lipinski definition) is 4. The van der Waals surface area contributed by atoms with E-state index in [-0.39, 0.29) is 12.2 Å². The van der Waals surface area contributed by atoms with Crippen molar-refractivity contribution < 1.29 is 9.47 Å². The Bertz CT molecular complexity index is 385. The Morgan fingerprint density at radius 2 is 1.79 bits per heavy atom. The fourth-order valence-electron chi connectivity index (χ4n) is 2.57. The van der Waals surface area contributed by atoms with Crippen LogP contribution in [0.5, 0.6) is 0 Å². The van der Waals surface area contributed by atoms with Gasteiger partial charge in [-0.05, 0) is 18.6 Å². The number of nitrogens with one attached hydrogen (secondary N) is 1. The molecule has 0 aromatic heterocycles. The maximum Gasteiger partial charge on any atom is 0.0971 e. The minimum absolute atomic E-state index is 0.198. The molecule has 0 saturated carbocycles. The molecule has 2 unspecified atom stereocenters. The number of ether oxygens (including phenoxy) is 2. The van der Waals surface area contributed by atoms with Gasteiger partial charge >= 0.3 is 0 Å². The van der Waals surface area contributed by atoms with Crippen LogP contribution in [-0.4, -0.2) is 57.5 Å². The molecular weight excluding hydrogens is 240 g/mol. The van der Waals surface area contributed by atoms with Gasteiger partial charge < -0.3 is 14.8 Å². The Morgan fingerprint density at radius 1 is 1.16 bits per heavy atom. The molecule has 0 radical (unpaired) electrons. The SMILES string of the molecule is COC1CN(CCNc2ccccc2C)CC1OC. The normalized spacial score (nSPS) is 23.7. The summed E-state index contributed by atoms with van der Waals surface area (Å²) in [5, 5.41) is 3.48. The topological polar surface area (TPSA) is 33.7 Å². The van der Waals surface area contributed by atoms with Gasteiger partial charge in [0.25, 0.3) is 0 Å². The van der Waals surface area contributed by atoms with Gasteiger partial charge in [0.2, 0.25) is 0 Å². The van der Waals surface area contributed by atoms with Crippen LogP contribution in [0.3, 0.4) is 0 Å². The van der Waals surface area contributed by atoms with Gasteiger partial charge in [-0.1, -0.05) is 18.2 Å². The fraction of sp³-hybridized carbons (Fsp3) is 0.600. The summed E-state index contributed by atoms with van der Waals surface area (Å²) in [4.78, 5) is 2.38. The Hall–Kier alpha value is -1.10. The lowest BCUT2D eigenvalue weighted by molar-refractivity contribution is -0.00461. The van der Waals surface area contributed by atoms with Crippen LogP contribution in [0.2, 0.25) is 0 Å². The highest BCUT2D eigenvalue weighted by molar-refractivity contribution is 5.50. The van der Waals surface area contributed by atoms with Crippen LogP contribution in [0.1, 0.15) is 5.56 Å². The lowest BCUT2D eigenvalue weighted by Gasteiger charge is -2.16. The van der Waals surface area contributed by atoms with E-state index in [0.29, 0.717) is 0 Å². The van der Waals surface area contributed by atoms with Crippen molar-refractivity contribution >= 4 is 5.69 Å². The summed E-state index contributed by atoms with van der Waals surface area (Å²) in [5.41, 5.74) is 2.50. The Balaban J connectivity index is 1.76. The molecule has 1 aromatic carbocycles. The van der Waals surface area contributed by atoms with Gasteiger partial charge in [-0.25, -0.2) is 0 Å². The first-order valence-electron chi connectivity index (χ1n) is 6.82. The van der Waals surface area contributed by atoms with E-state index in [2.05, 4.69) is 41.4 Å². The summed E-state index contributed by atoms with van der Waals surface area (Å²) >= 11 is 0. The van der Waals surface area contributed by atoms with Crippen LogP contribution in [0.25, 0.3) is 0 Å². The second-order valence-corrected chi connectivity index (χ2v) is 5.05. The zero-order chi connectivity index (χ0) is 13.7. The predicted molar refractivity (Wildman–Crippen MR) is 77.7 cm³/mol. The van der Waals surface area contributed by atoms with E-state index in [9.17, 15) is 0 Å². The zero-order valence-electron chi connectivity index (χ0n) is 12.1. The van der Waals surface area contributed by atoms with Gasteiger partial charge in [0.1, 0.15) is 0 Å². The first kappa shape index (κ1) is 14.3. The first-order valence-corrected chi connectivity index (χ1v) is 6.82. The molecule has 1 saturated heterocycles. The molecule has 0 spiro atoms. The van der Waals surface area contributed by atoms with Crippen molar-refractivity contribution in [1.82, 2.24) is 4.90 Å². The molecule has 0 bridgehead atoms. The summed E-state index contributed by atoms with van der Waals surface area (Å²) in [5.74, 6) is 0. The highest BCUT2D eigenvalue weighted by Gasteiger charge is 2.32. The zero-order valence-corrected chi connectivity index (χ0v) is 12.1. The quantitative estimate of drug-likeness (QED) is 0.849. The monoisotopic (exact) mass is 264 g/mol. The van der Waals surface area contributed by atoms with Crippen LogP contribution in [0.15, 0.2) is 24.3 Å². The number of hydrogen-bond donors (Lipinski definition) is 1. The number of benzene rings is 1. The third-order valence-corrected chi connectivity index (χ3v) is 3.79. The van der Waals surface area contributed by atoms with Crippen molar-refractivity contribution in [2.75, 3.05) is 45.7 Å². The Morgan fingerprint density at radius 3 is 2.37 bits per heavy atom. The average Bonchev–Trinajstić information content (AvgIpc) is 2.83. The number of para-hydroxylation sites is 1. The van der Waals surface area contributed by atoms with Gasteiger partial charge in [0.15, 0.2) is 0 Å². The molecule has 4 heteroatoms. The van der Waals surface area contributed by atoms with Gasteiger partial charge in [-0.2, -0.15) is 0 Å². The lowest BCUT2D eigenvalue weighted by atomic mass is 10.2. The molecule has 1 heterocycles. The van der Waals surface area contributed by atoms with E-state index >= 15 is 0 Å². The molecule has 1 aliphatic rings. The lowest BCUT2D eigenvalue weighted by Crippen LogP contribution is -2.28. The van der Waals surface area contributed by atoms with Gasteiger partial charge in [0, 0.05) is 46.1 Å². The van der Waals surface area contributed by atoms with Crippen molar-refractivity contribution in [3.8, 4) is 0 Å². The van der Waals surface area contributed by atoms with Crippen molar-refractivity contribution in [2.24, 2.45) is 0 Å². The van der Waals surface area contributed by atoms with Crippen LogP contribution in [0.4, 0.5) is 5.69 Å². The molecular formula is C15H24N2O2. The summed E-state index contributed by atoms with van der Waals surface area (Å²) in [6, 6.07) is 8.37. The van der Waals surface area contributed by atoms with Crippen molar-refractivity contribution in [3.63, 3.8) is 0 Å². The summed E-state index contributed by atoms with van der Waals surface area (Å²) < 4.78 is 10.9. The van der Waals surface area contributed by atoms with Crippen molar-refractivity contribution in [3.05, 3.63) is 29.8 Å². The van der Waals surface area contributed by atoms with Crippen LogP contribution in [0, 0.1) is 6.92 Å². The van der Waals surface area contributed by atoms with Crippen molar-refractivity contribution in [2.45, 2.75) is 19.1 Å². The maximum absolute atomic E-state index is 5.44. The molecule has 4 nitrogen and oxygen atoms in total. The fourth-order valence-corrected chi connectivity index (χ4v) is 2.57. The third-order valence-electron chi connectivity index (χ3n) is 3.79. The highest BCUT2D eigenvalue weighted by atomic mass is 16.5. The largest absolute Gasteiger partial charge is 0.384 e. The second-order valence-electron chi connectivity index (χ2n) is 5.05. The molecule has 1 aliphatic heterocycles. The number of aryl methyl sites for hydroxylation is 1. The maximum atomic E-state index is 5.44. The first-order chi connectivity index (χ1) is 9.24.